The molecule has 0 bridgehead atoms. The molecule has 0 aliphatic rings. The molecule has 2 aromatic carbocycles. The van der Waals surface area contributed by atoms with Gasteiger partial charge in [0.05, 0.1) is 6.54 Å². The van der Waals surface area contributed by atoms with Gasteiger partial charge in [0, 0.05) is 30.5 Å². The summed E-state index contributed by atoms with van der Waals surface area (Å²) >= 11 is 0. The predicted octanol–water partition coefficient (Wildman–Crippen LogP) is 4.64. The smallest absolute Gasteiger partial charge is 0.254 e. The summed E-state index contributed by atoms with van der Waals surface area (Å²) in [5.41, 5.74) is 2.33. The van der Waals surface area contributed by atoms with Gasteiger partial charge in [-0.05, 0) is 54.1 Å². The molecule has 0 saturated carbocycles. The summed E-state index contributed by atoms with van der Waals surface area (Å²) in [4.78, 5) is 14.4. The maximum absolute atomic E-state index is 13.1. The van der Waals surface area contributed by atoms with E-state index < -0.39 is 0 Å². The van der Waals surface area contributed by atoms with Gasteiger partial charge in [0.25, 0.3) is 5.91 Å². The van der Waals surface area contributed by atoms with Gasteiger partial charge in [0.1, 0.15) is 11.6 Å². The third-order valence-corrected chi connectivity index (χ3v) is 4.27. The molecule has 138 valence electrons. The molecule has 0 aliphatic carbocycles. The van der Waals surface area contributed by atoms with Crippen molar-refractivity contribution < 1.29 is 13.6 Å². The van der Waals surface area contributed by atoms with Crippen LogP contribution in [0.1, 0.15) is 21.6 Å². The van der Waals surface area contributed by atoms with Gasteiger partial charge < -0.3 is 9.47 Å². The van der Waals surface area contributed by atoms with Crippen molar-refractivity contribution in [1.29, 1.82) is 0 Å². The molecule has 3 nitrogen and oxygen atoms in total. The zero-order valence-corrected chi connectivity index (χ0v) is 14.8. The van der Waals surface area contributed by atoms with Gasteiger partial charge in [0.15, 0.2) is 0 Å². The highest BCUT2D eigenvalue weighted by molar-refractivity contribution is 5.94. The van der Waals surface area contributed by atoms with E-state index in [1.54, 1.807) is 23.1 Å². The Morgan fingerprint density at radius 2 is 1.63 bits per heavy atom. The van der Waals surface area contributed by atoms with Crippen molar-refractivity contribution in [2.75, 3.05) is 6.54 Å². The first-order chi connectivity index (χ1) is 13.1. The summed E-state index contributed by atoms with van der Waals surface area (Å²) < 4.78 is 28.2. The molecule has 3 aromatic rings. The van der Waals surface area contributed by atoms with E-state index in [0.717, 1.165) is 11.3 Å². The average molecular weight is 366 g/mol. The first-order valence-electron chi connectivity index (χ1n) is 8.61. The second-order valence-electron chi connectivity index (χ2n) is 6.24. The summed E-state index contributed by atoms with van der Waals surface area (Å²) in [7, 11) is 0. The largest absolute Gasteiger partial charge is 0.345 e. The number of halogens is 2. The fourth-order valence-electron chi connectivity index (χ4n) is 2.88. The Bertz CT molecular complexity index is 914. The van der Waals surface area contributed by atoms with Crippen molar-refractivity contribution in [1.82, 2.24) is 9.47 Å². The molecular weight excluding hydrogens is 346 g/mol. The van der Waals surface area contributed by atoms with Crippen LogP contribution in [0, 0.1) is 11.6 Å². The lowest BCUT2D eigenvalue weighted by molar-refractivity contribution is 0.0759. The van der Waals surface area contributed by atoms with E-state index in [9.17, 15) is 13.6 Å². The Hall–Kier alpha value is -3.21. The van der Waals surface area contributed by atoms with E-state index in [-0.39, 0.29) is 17.5 Å². The predicted molar refractivity (Wildman–Crippen MR) is 101 cm³/mol. The third-order valence-electron chi connectivity index (χ3n) is 4.27. The van der Waals surface area contributed by atoms with Crippen molar-refractivity contribution in [3.8, 4) is 0 Å². The monoisotopic (exact) mass is 366 g/mol. The molecule has 0 radical (unpaired) electrons. The molecule has 0 atom stereocenters. The van der Waals surface area contributed by atoms with Gasteiger partial charge in [-0.3, -0.25) is 4.79 Å². The van der Waals surface area contributed by atoms with E-state index in [2.05, 4.69) is 6.58 Å². The minimum absolute atomic E-state index is 0.190. The van der Waals surface area contributed by atoms with E-state index in [1.807, 2.05) is 22.9 Å². The molecule has 5 heteroatoms. The molecule has 1 amide bonds. The SMILES string of the molecule is C=CCN(Cc1cccn1Cc1ccc(F)cc1)C(=O)c1ccc(F)cc1. The van der Waals surface area contributed by atoms with Crippen LogP contribution in [0.3, 0.4) is 0 Å². The quantitative estimate of drug-likeness (QED) is 0.559. The number of carbonyl (C=O) groups is 1. The molecule has 27 heavy (non-hydrogen) atoms. The lowest BCUT2D eigenvalue weighted by atomic mass is 10.2. The Kier molecular flexibility index (Phi) is 5.81. The van der Waals surface area contributed by atoms with Crippen LogP contribution in [0.4, 0.5) is 8.78 Å². The number of carbonyl (C=O) groups excluding carboxylic acids is 1. The molecule has 1 heterocycles. The zero-order valence-electron chi connectivity index (χ0n) is 14.8. The number of aromatic nitrogens is 1. The third kappa shape index (κ3) is 4.70. The Labute approximate surface area is 157 Å². The highest BCUT2D eigenvalue weighted by atomic mass is 19.1. The minimum atomic E-state index is -0.380. The van der Waals surface area contributed by atoms with Crippen molar-refractivity contribution in [3.05, 3.63) is 108 Å². The lowest BCUT2D eigenvalue weighted by Crippen LogP contribution is -2.31. The van der Waals surface area contributed by atoms with Gasteiger partial charge in [-0.2, -0.15) is 0 Å². The fraction of sp³-hybridized carbons (Fsp3) is 0.136. The van der Waals surface area contributed by atoms with Gasteiger partial charge >= 0.3 is 0 Å². The molecule has 0 spiro atoms. The molecule has 0 saturated heterocycles. The normalized spacial score (nSPS) is 10.6. The minimum Gasteiger partial charge on any atom is -0.345 e. The van der Waals surface area contributed by atoms with E-state index in [0.29, 0.717) is 25.2 Å². The number of nitrogens with zero attached hydrogens (tertiary/aromatic N) is 2. The Morgan fingerprint density at radius 3 is 2.26 bits per heavy atom. The highest BCUT2D eigenvalue weighted by Gasteiger charge is 2.16. The van der Waals surface area contributed by atoms with Crippen molar-refractivity contribution in [2.24, 2.45) is 0 Å². The molecule has 1 aromatic heterocycles. The molecule has 0 aliphatic heterocycles. The van der Waals surface area contributed by atoms with Crippen LogP contribution in [0.2, 0.25) is 0 Å². The highest BCUT2D eigenvalue weighted by Crippen LogP contribution is 2.14. The van der Waals surface area contributed by atoms with Crippen LogP contribution in [-0.2, 0) is 13.1 Å². The van der Waals surface area contributed by atoms with Crippen molar-refractivity contribution in [2.45, 2.75) is 13.1 Å². The summed E-state index contributed by atoms with van der Waals surface area (Å²) in [6.45, 7) is 5.06. The van der Waals surface area contributed by atoms with Crippen LogP contribution < -0.4 is 0 Å². The van der Waals surface area contributed by atoms with Crippen molar-refractivity contribution in [3.63, 3.8) is 0 Å². The number of amides is 1. The van der Waals surface area contributed by atoms with E-state index in [1.165, 1.54) is 36.4 Å². The standard InChI is InChI=1S/C22H20F2N2O/c1-2-13-26(22(27)18-7-11-20(24)12-8-18)16-21-4-3-14-25(21)15-17-5-9-19(23)10-6-17/h2-12,14H,1,13,15-16H2. The van der Waals surface area contributed by atoms with E-state index in [4.69, 9.17) is 0 Å². The van der Waals surface area contributed by atoms with Crippen molar-refractivity contribution >= 4 is 5.91 Å². The second kappa shape index (κ2) is 8.45. The van der Waals surface area contributed by atoms with Crippen LogP contribution in [0.15, 0.2) is 79.5 Å². The first kappa shape index (κ1) is 18.6. The fourth-order valence-corrected chi connectivity index (χ4v) is 2.88. The van der Waals surface area contributed by atoms with Crippen LogP contribution in [-0.4, -0.2) is 21.9 Å². The van der Waals surface area contributed by atoms with Gasteiger partial charge in [-0.1, -0.05) is 18.2 Å². The van der Waals surface area contributed by atoms with Gasteiger partial charge in [0.2, 0.25) is 0 Å². The Morgan fingerprint density at radius 1 is 1.00 bits per heavy atom. The number of hydrogen-bond donors (Lipinski definition) is 0. The number of hydrogen-bond acceptors (Lipinski definition) is 1. The van der Waals surface area contributed by atoms with Crippen LogP contribution in [0.5, 0.6) is 0 Å². The van der Waals surface area contributed by atoms with Gasteiger partial charge in [-0.25, -0.2) is 8.78 Å². The average Bonchev–Trinajstić information content (AvgIpc) is 3.10. The molecule has 0 N–H and O–H groups in total. The molecule has 0 fully saturated rings. The maximum Gasteiger partial charge on any atom is 0.254 e. The number of benzene rings is 2. The summed E-state index contributed by atoms with van der Waals surface area (Å²) in [5.74, 6) is -0.840. The number of rotatable bonds is 7. The second-order valence-corrected chi connectivity index (χ2v) is 6.24. The summed E-state index contributed by atoms with van der Waals surface area (Å²) in [6.07, 6.45) is 3.59. The zero-order chi connectivity index (χ0) is 19.2. The van der Waals surface area contributed by atoms with E-state index >= 15 is 0 Å². The summed E-state index contributed by atoms with van der Waals surface area (Å²) in [5, 5.41) is 0. The van der Waals surface area contributed by atoms with Crippen LogP contribution in [0.25, 0.3) is 0 Å². The lowest BCUT2D eigenvalue weighted by Gasteiger charge is -2.22. The maximum atomic E-state index is 13.1. The van der Waals surface area contributed by atoms with Crippen LogP contribution >= 0.6 is 0 Å². The molecular formula is C22H20F2N2O. The first-order valence-corrected chi connectivity index (χ1v) is 8.61. The topological polar surface area (TPSA) is 25.2 Å². The van der Waals surface area contributed by atoms with Gasteiger partial charge in [-0.15, -0.1) is 6.58 Å². The summed E-state index contributed by atoms with van der Waals surface area (Å²) in [6, 6.07) is 15.7. The molecule has 0 unspecified atom stereocenters. The Balaban J connectivity index is 1.78. The molecule has 3 rings (SSSR count).